The Balaban J connectivity index is 2.08. The third kappa shape index (κ3) is 1.62. The Bertz CT molecular complexity index is 540. The summed E-state index contributed by atoms with van der Waals surface area (Å²) in [5, 5.41) is 1.22. The molecule has 3 rings (SSSR count). The lowest BCUT2D eigenvalue weighted by atomic mass is 9.98. The number of nitrogens with one attached hydrogen (secondary N) is 1. The number of ether oxygens (including phenoxy) is 1. The second kappa shape index (κ2) is 3.77. The van der Waals surface area contributed by atoms with E-state index >= 15 is 0 Å². The largest absolute Gasteiger partial charge is 0.495 e. The monoisotopic (exact) mass is 230 g/mol. The summed E-state index contributed by atoms with van der Waals surface area (Å²) in [6, 6.07) is 8.39. The smallest absolute Gasteiger partial charge is 0.142 e. The molecule has 1 aliphatic rings. The quantitative estimate of drug-likeness (QED) is 0.848. The molecule has 1 aromatic carbocycles. The fourth-order valence-corrected chi connectivity index (χ4v) is 2.67. The van der Waals surface area contributed by atoms with Crippen molar-refractivity contribution in [2.75, 3.05) is 13.7 Å². The van der Waals surface area contributed by atoms with Gasteiger partial charge in [-0.2, -0.15) is 0 Å². The Morgan fingerprint density at radius 2 is 2.24 bits per heavy atom. The molecule has 1 fully saturated rings. The van der Waals surface area contributed by atoms with E-state index in [2.05, 4.69) is 17.1 Å². The standard InChI is InChI=1S/C14H18N2O/c1-17-11-4-2-3-10-9-12(16-13(10)11)14(5-6-14)7-8-15/h2-4,9,16H,5-8,15H2,1H3. The fraction of sp³-hybridized carbons (Fsp3) is 0.429. The van der Waals surface area contributed by atoms with Gasteiger partial charge >= 0.3 is 0 Å². The van der Waals surface area contributed by atoms with Crippen LogP contribution in [0.3, 0.4) is 0 Å². The minimum Gasteiger partial charge on any atom is -0.495 e. The van der Waals surface area contributed by atoms with E-state index in [9.17, 15) is 0 Å². The second-order valence-corrected chi connectivity index (χ2v) is 4.93. The number of benzene rings is 1. The highest BCUT2D eigenvalue weighted by molar-refractivity contribution is 5.86. The van der Waals surface area contributed by atoms with Crippen molar-refractivity contribution < 1.29 is 4.74 Å². The number of aromatic amines is 1. The van der Waals surface area contributed by atoms with E-state index in [1.807, 2.05) is 12.1 Å². The van der Waals surface area contributed by atoms with Gasteiger partial charge in [-0.25, -0.2) is 0 Å². The van der Waals surface area contributed by atoms with Gasteiger partial charge in [0.25, 0.3) is 0 Å². The molecule has 3 nitrogen and oxygen atoms in total. The van der Waals surface area contributed by atoms with E-state index in [-0.39, 0.29) is 0 Å². The first-order chi connectivity index (χ1) is 8.29. The number of hydrogen-bond acceptors (Lipinski definition) is 2. The van der Waals surface area contributed by atoms with Crippen LogP contribution in [0.15, 0.2) is 24.3 Å². The lowest BCUT2D eigenvalue weighted by Crippen LogP contribution is -2.13. The number of methoxy groups -OCH3 is 1. The first-order valence-corrected chi connectivity index (χ1v) is 6.15. The average molecular weight is 230 g/mol. The Labute approximate surface area is 101 Å². The van der Waals surface area contributed by atoms with Gasteiger partial charge in [-0.1, -0.05) is 12.1 Å². The van der Waals surface area contributed by atoms with Crippen molar-refractivity contribution in [3.05, 3.63) is 30.0 Å². The molecule has 1 heterocycles. The summed E-state index contributed by atoms with van der Waals surface area (Å²) < 4.78 is 5.38. The molecule has 0 aliphatic heterocycles. The third-order valence-electron chi connectivity index (χ3n) is 3.89. The molecule has 3 heteroatoms. The Kier molecular flexibility index (Phi) is 2.37. The van der Waals surface area contributed by atoms with Crippen LogP contribution >= 0.6 is 0 Å². The molecule has 0 atom stereocenters. The van der Waals surface area contributed by atoms with E-state index in [0.29, 0.717) is 5.41 Å². The molecule has 1 aliphatic carbocycles. The predicted molar refractivity (Wildman–Crippen MR) is 69.4 cm³/mol. The molecule has 0 amide bonds. The molecule has 0 radical (unpaired) electrons. The number of nitrogens with two attached hydrogens (primary N) is 1. The minimum absolute atomic E-state index is 0.318. The summed E-state index contributed by atoms with van der Waals surface area (Å²) in [6.07, 6.45) is 3.57. The molecule has 1 saturated carbocycles. The van der Waals surface area contributed by atoms with Crippen molar-refractivity contribution >= 4 is 10.9 Å². The summed E-state index contributed by atoms with van der Waals surface area (Å²) in [5.41, 5.74) is 8.45. The fourth-order valence-electron chi connectivity index (χ4n) is 2.67. The number of aromatic nitrogens is 1. The summed E-state index contributed by atoms with van der Waals surface area (Å²) in [5.74, 6) is 0.914. The van der Waals surface area contributed by atoms with Crippen molar-refractivity contribution in [2.45, 2.75) is 24.7 Å². The van der Waals surface area contributed by atoms with Gasteiger partial charge in [0.05, 0.1) is 12.6 Å². The molecule has 1 aromatic heterocycles. The van der Waals surface area contributed by atoms with Crippen LogP contribution in [0.25, 0.3) is 10.9 Å². The zero-order chi connectivity index (χ0) is 11.9. The van der Waals surface area contributed by atoms with Crippen molar-refractivity contribution in [2.24, 2.45) is 5.73 Å². The van der Waals surface area contributed by atoms with E-state index in [1.165, 1.54) is 23.9 Å². The van der Waals surface area contributed by atoms with E-state index < -0.39 is 0 Å². The van der Waals surface area contributed by atoms with Gasteiger partial charge in [0.2, 0.25) is 0 Å². The molecule has 2 aromatic rings. The van der Waals surface area contributed by atoms with Crippen LogP contribution in [-0.2, 0) is 5.41 Å². The molecule has 90 valence electrons. The van der Waals surface area contributed by atoms with Gasteiger partial charge in [0, 0.05) is 16.5 Å². The predicted octanol–water partition coefficient (Wildman–Crippen LogP) is 2.56. The maximum Gasteiger partial charge on any atom is 0.142 e. The van der Waals surface area contributed by atoms with Gasteiger partial charge in [-0.3, -0.25) is 0 Å². The van der Waals surface area contributed by atoms with Gasteiger partial charge in [0.1, 0.15) is 5.75 Å². The number of hydrogen-bond donors (Lipinski definition) is 2. The first-order valence-electron chi connectivity index (χ1n) is 6.15. The van der Waals surface area contributed by atoms with Crippen molar-refractivity contribution in [3.63, 3.8) is 0 Å². The Morgan fingerprint density at radius 1 is 1.41 bits per heavy atom. The highest BCUT2D eigenvalue weighted by atomic mass is 16.5. The first kappa shape index (κ1) is 10.7. The van der Waals surface area contributed by atoms with Gasteiger partial charge in [-0.15, -0.1) is 0 Å². The molecule has 0 saturated heterocycles. The van der Waals surface area contributed by atoms with Crippen LogP contribution in [0, 0.1) is 0 Å². The van der Waals surface area contributed by atoms with E-state index in [4.69, 9.17) is 10.5 Å². The van der Waals surface area contributed by atoms with Gasteiger partial charge in [0.15, 0.2) is 0 Å². The zero-order valence-electron chi connectivity index (χ0n) is 10.1. The zero-order valence-corrected chi connectivity index (χ0v) is 10.1. The Morgan fingerprint density at radius 3 is 2.88 bits per heavy atom. The maximum atomic E-state index is 5.70. The van der Waals surface area contributed by atoms with Gasteiger partial charge < -0.3 is 15.5 Å². The van der Waals surface area contributed by atoms with Crippen LogP contribution in [0.4, 0.5) is 0 Å². The van der Waals surface area contributed by atoms with Crippen LogP contribution in [-0.4, -0.2) is 18.6 Å². The average Bonchev–Trinajstić information content (AvgIpc) is 2.99. The van der Waals surface area contributed by atoms with Crippen molar-refractivity contribution in [3.8, 4) is 5.75 Å². The summed E-state index contributed by atoms with van der Waals surface area (Å²) in [4.78, 5) is 3.52. The molecule has 0 bridgehead atoms. The van der Waals surface area contributed by atoms with E-state index in [0.717, 1.165) is 24.2 Å². The summed E-state index contributed by atoms with van der Waals surface area (Å²) in [7, 11) is 1.71. The summed E-state index contributed by atoms with van der Waals surface area (Å²) in [6.45, 7) is 0.756. The number of H-pyrrole nitrogens is 1. The second-order valence-electron chi connectivity index (χ2n) is 4.93. The lowest BCUT2D eigenvalue weighted by molar-refractivity contribution is 0.419. The van der Waals surface area contributed by atoms with Gasteiger partial charge in [-0.05, 0) is 37.9 Å². The van der Waals surface area contributed by atoms with Crippen LogP contribution < -0.4 is 10.5 Å². The molecular formula is C14H18N2O. The minimum atomic E-state index is 0.318. The molecule has 3 N–H and O–H groups in total. The maximum absolute atomic E-state index is 5.70. The number of para-hydroxylation sites is 1. The molecule has 17 heavy (non-hydrogen) atoms. The topological polar surface area (TPSA) is 51.0 Å². The van der Waals surface area contributed by atoms with Crippen molar-refractivity contribution in [1.29, 1.82) is 0 Å². The highest BCUT2D eigenvalue weighted by Crippen LogP contribution is 2.51. The van der Waals surface area contributed by atoms with Crippen LogP contribution in [0.5, 0.6) is 5.75 Å². The number of fused-ring (bicyclic) bond motifs is 1. The van der Waals surface area contributed by atoms with Crippen LogP contribution in [0.1, 0.15) is 25.0 Å². The van der Waals surface area contributed by atoms with Crippen LogP contribution in [0.2, 0.25) is 0 Å². The summed E-state index contributed by atoms with van der Waals surface area (Å²) >= 11 is 0. The molecule has 0 unspecified atom stereocenters. The number of rotatable bonds is 4. The normalized spacial score (nSPS) is 17.3. The van der Waals surface area contributed by atoms with E-state index in [1.54, 1.807) is 7.11 Å². The molecular weight excluding hydrogens is 212 g/mol. The molecule has 0 spiro atoms. The SMILES string of the molecule is COc1cccc2cc(C3(CCN)CC3)[nH]c12. The highest BCUT2D eigenvalue weighted by Gasteiger charge is 2.44. The lowest BCUT2D eigenvalue weighted by Gasteiger charge is -2.11. The van der Waals surface area contributed by atoms with Crippen molar-refractivity contribution in [1.82, 2.24) is 4.98 Å². The Hall–Kier alpha value is -1.48. The third-order valence-corrected chi connectivity index (χ3v) is 3.89.